The SMILES string of the molecule is O=C(Nc1ccccc1-c1ccccc1)OC1CCN(CCCc2ccccc2Nc2ccc(CCNCC(O)c3ccc(O)c4[nH]c(=O)ccc34)cc2)CC1. The molecule has 1 saturated heterocycles. The summed E-state index contributed by atoms with van der Waals surface area (Å²) in [6.45, 7) is 3.82. The molecule has 6 N–H and O–H groups in total. The Labute approximate surface area is 327 Å². The number of nitrogens with zero attached hydrogens (tertiary/aromatic N) is 1. The van der Waals surface area contributed by atoms with Crippen molar-refractivity contribution in [2.24, 2.45) is 0 Å². The van der Waals surface area contributed by atoms with E-state index in [2.05, 4.69) is 74.4 Å². The van der Waals surface area contributed by atoms with Crippen LogP contribution in [-0.2, 0) is 17.6 Å². The van der Waals surface area contributed by atoms with Gasteiger partial charge in [-0.25, -0.2) is 4.79 Å². The average molecular weight is 752 g/mol. The van der Waals surface area contributed by atoms with Gasteiger partial charge in [0, 0.05) is 48.0 Å². The summed E-state index contributed by atoms with van der Waals surface area (Å²) < 4.78 is 5.84. The molecule has 5 aromatic carbocycles. The number of aromatic hydroxyl groups is 1. The number of amides is 1. The Bertz CT molecular complexity index is 2270. The molecule has 1 atom stereocenters. The summed E-state index contributed by atoms with van der Waals surface area (Å²) in [5.41, 5.74) is 8.02. The number of rotatable bonds is 15. The van der Waals surface area contributed by atoms with E-state index >= 15 is 0 Å². The quantitative estimate of drug-likeness (QED) is 0.0579. The number of piperidine rings is 1. The van der Waals surface area contributed by atoms with Crippen LogP contribution in [0.4, 0.5) is 21.9 Å². The predicted molar refractivity (Wildman–Crippen MR) is 224 cm³/mol. The number of pyridine rings is 1. The van der Waals surface area contributed by atoms with Crippen molar-refractivity contribution in [2.75, 3.05) is 43.4 Å². The molecule has 7 rings (SSSR count). The molecule has 288 valence electrons. The smallest absolute Gasteiger partial charge is 0.411 e. The van der Waals surface area contributed by atoms with Crippen LogP contribution in [0.15, 0.2) is 132 Å². The van der Waals surface area contributed by atoms with Gasteiger partial charge in [0.1, 0.15) is 11.9 Å². The number of phenols is 1. The number of carbonyl (C=O) groups excluding carboxylic acids is 1. The van der Waals surface area contributed by atoms with E-state index < -0.39 is 12.2 Å². The van der Waals surface area contributed by atoms with Crippen LogP contribution in [-0.4, -0.2) is 65.0 Å². The molecule has 1 fully saturated rings. The number of para-hydroxylation sites is 2. The number of aryl methyl sites for hydroxylation is 1. The van der Waals surface area contributed by atoms with Gasteiger partial charge in [-0.1, -0.05) is 84.9 Å². The monoisotopic (exact) mass is 751 g/mol. The van der Waals surface area contributed by atoms with Gasteiger partial charge in [-0.05, 0) is 104 Å². The van der Waals surface area contributed by atoms with E-state index in [1.165, 1.54) is 23.3 Å². The van der Waals surface area contributed by atoms with Gasteiger partial charge in [0.25, 0.3) is 0 Å². The molecule has 0 radical (unpaired) electrons. The Hall–Kier alpha value is -5.94. The van der Waals surface area contributed by atoms with Crippen LogP contribution >= 0.6 is 0 Å². The van der Waals surface area contributed by atoms with Crippen LogP contribution in [0.3, 0.4) is 0 Å². The molecule has 0 saturated carbocycles. The maximum atomic E-state index is 12.8. The molecular formula is C46H49N5O5. The Morgan fingerprint density at radius 3 is 2.36 bits per heavy atom. The lowest BCUT2D eigenvalue weighted by Gasteiger charge is -2.31. The van der Waals surface area contributed by atoms with Gasteiger partial charge in [-0.2, -0.15) is 0 Å². The van der Waals surface area contributed by atoms with Gasteiger partial charge in [0.15, 0.2) is 0 Å². The summed E-state index contributed by atoms with van der Waals surface area (Å²) in [6, 6.07) is 40.9. The first kappa shape index (κ1) is 38.3. The summed E-state index contributed by atoms with van der Waals surface area (Å²) in [6.07, 6.45) is 3.13. The Morgan fingerprint density at radius 2 is 1.55 bits per heavy atom. The van der Waals surface area contributed by atoms with Crippen molar-refractivity contribution in [1.29, 1.82) is 0 Å². The zero-order chi connectivity index (χ0) is 38.7. The van der Waals surface area contributed by atoms with Crippen molar-refractivity contribution in [2.45, 2.75) is 44.3 Å². The van der Waals surface area contributed by atoms with Crippen LogP contribution in [0.1, 0.15) is 42.1 Å². The third-order valence-electron chi connectivity index (χ3n) is 10.4. The van der Waals surface area contributed by atoms with Crippen molar-refractivity contribution in [1.82, 2.24) is 15.2 Å². The Morgan fingerprint density at radius 1 is 0.821 bits per heavy atom. The standard InChI is InChI=1S/C46H49N5O5/c52-42-22-20-38(39-21-23-44(54)50-45(39)42)43(53)31-47-27-24-32-16-18-35(19-17-32)48-40-14-6-4-11-34(40)12-8-28-51-29-25-36(26-30-51)56-46(55)49-41-15-7-5-13-37(41)33-9-2-1-3-10-33/h1-7,9-11,13-23,36,43,47-48,52-53H,8,12,24-31H2,(H,49,55)(H,50,54). The molecule has 2 heterocycles. The zero-order valence-corrected chi connectivity index (χ0v) is 31.4. The van der Waals surface area contributed by atoms with Gasteiger partial charge >= 0.3 is 6.09 Å². The highest BCUT2D eigenvalue weighted by atomic mass is 16.6. The zero-order valence-electron chi connectivity index (χ0n) is 31.4. The van der Waals surface area contributed by atoms with Crippen molar-refractivity contribution in [3.8, 4) is 16.9 Å². The van der Waals surface area contributed by atoms with Gasteiger partial charge in [-0.3, -0.25) is 10.1 Å². The largest absolute Gasteiger partial charge is 0.506 e. The Balaban J connectivity index is 0.817. The summed E-state index contributed by atoms with van der Waals surface area (Å²) in [5.74, 6) is -0.0238. The van der Waals surface area contributed by atoms with E-state index in [0.717, 1.165) is 79.9 Å². The lowest BCUT2D eigenvalue weighted by molar-refractivity contribution is 0.0587. The number of nitrogens with one attached hydrogen (secondary N) is 4. The highest BCUT2D eigenvalue weighted by Gasteiger charge is 2.23. The lowest BCUT2D eigenvalue weighted by Crippen LogP contribution is -2.39. The van der Waals surface area contributed by atoms with Gasteiger partial charge in [0.2, 0.25) is 5.56 Å². The third-order valence-corrected chi connectivity index (χ3v) is 10.4. The number of aliphatic hydroxyl groups excluding tert-OH is 1. The first-order valence-electron chi connectivity index (χ1n) is 19.4. The fourth-order valence-electron chi connectivity index (χ4n) is 7.40. The minimum atomic E-state index is -0.794. The predicted octanol–water partition coefficient (Wildman–Crippen LogP) is 8.16. The highest BCUT2D eigenvalue weighted by molar-refractivity contribution is 5.91. The molecule has 56 heavy (non-hydrogen) atoms. The van der Waals surface area contributed by atoms with Crippen LogP contribution in [0, 0.1) is 0 Å². The number of carbonyl (C=O) groups is 1. The number of likely N-dealkylation sites (tertiary alicyclic amines) is 1. The third kappa shape index (κ3) is 10.0. The fraction of sp³-hybridized carbons (Fsp3) is 0.261. The molecule has 1 aliphatic rings. The number of fused-ring (bicyclic) bond motifs is 1. The van der Waals surface area contributed by atoms with Crippen molar-refractivity contribution >= 4 is 34.1 Å². The van der Waals surface area contributed by atoms with E-state index in [4.69, 9.17) is 4.74 Å². The number of aromatic nitrogens is 1. The van der Waals surface area contributed by atoms with Gasteiger partial charge < -0.3 is 35.5 Å². The molecule has 0 spiro atoms. The van der Waals surface area contributed by atoms with E-state index in [1.54, 1.807) is 12.1 Å². The topological polar surface area (TPSA) is 139 Å². The number of anilines is 3. The molecule has 0 bridgehead atoms. The van der Waals surface area contributed by atoms with Crippen molar-refractivity contribution < 1.29 is 19.7 Å². The van der Waals surface area contributed by atoms with E-state index in [9.17, 15) is 19.8 Å². The molecule has 6 aromatic rings. The van der Waals surface area contributed by atoms with Crippen molar-refractivity contribution in [3.63, 3.8) is 0 Å². The van der Waals surface area contributed by atoms with Gasteiger partial charge in [0.05, 0.1) is 17.3 Å². The minimum Gasteiger partial charge on any atom is -0.506 e. The van der Waals surface area contributed by atoms with E-state index in [0.29, 0.717) is 29.6 Å². The first-order chi connectivity index (χ1) is 27.4. The second kappa shape index (κ2) is 18.6. The number of aliphatic hydroxyl groups is 1. The number of ether oxygens (including phenoxy) is 1. The summed E-state index contributed by atoms with van der Waals surface area (Å²) in [5, 5.41) is 31.5. The Kier molecular flexibility index (Phi) is 12.7. The molecular weight excluding hydrogens is 703 g/mol. The number of H-pyrrole nitrogens is 1. The maximum Gasteiger partial charge on any atom is 0.411 e. The maximum absolute atomic E-state index is 12.8. The summed E-state index contributed by atoms with van der Waals surface area (Å²) >= 11 is 0. The number of aromatic amines is 1. The summed E-state index contributed by atoms with van der Waals surface area (Å²) in [4.78, 5) is 29.7. The molecule has 1 aromatic heterocycles. The molecule has 0 aliphatic carbocycles. The number of hydrogen-bond donors (Lipinski definition) is 6. The van der Waals surface area contributed by atoms with Crippen molar-refractivity contribution in [3.05, 3.63) is 154 Å². The average Bonchev–Trinajstić information content (AvgIpc) is 3.22. The normalized spacial score (nSPS) is 14.0. The van der Waals surface area contributed by atoms with Gasteiger partial charge in [-0.15, -0.1) is 0 Å². The van der Waals surface area contributed by atoms with Crippen LogP contribution in [0.2, 0.25) is 0 Å². The molecule has 10 nitrogen and oxygen atoms in total. The van der Waals surface area contributed by atoms with E-state index in [1.807, 2.05) is 54.6 Å². The molecule has 1 aliphatic heterocycles. The molecule has 1 amide bonds. The molecule has 10 heteroatoms. The first-order valence-corrected chi connectivity index (χ1v) is 19.4. The number of benzene rings is 5. The summed E-state index contributed by atoms with van der Waals surface area (Å²) in [7, 11) is 0. The molecule has 1 unspecified atom stereocenters. The minimum absolute atomic E-state index is 0.0238. The van der Waals surface area contributed by atoms with Crippen LogP contribution < -0.4 is 21.5 Å². The second-order valence-electron chi connectivity index (χ2n) is 14.3. The number of hydrogen-bond acceptors (Lipinski definition) is 8. The van der Waals surface area contributed by atoms with E-state index in [-0.39, 0.29) is 17.4 Å². The second-order valence-corrected chi connectivity index (χ2v) is 14.3. The highest BCUT2D eigenvalue weighted by Crippen LogP contribution is 2.30. The number of phenolic OH excluding ortho intramolecular Hbond substituents is 1. The lowest BCUT2D eigenvalue weighted by atomic mass is 10.0. The van der Waals surface area contributed by atoms with Crippen LogP contribution in [0.5, 0.6) is 5.75 Å². The fourth-order valence-corrected chi connectivity index (χ4v) is 7.40. The van der Waals surface area contributed by atoms with Crippen LogP contribution in [0.25, 0.3) is 22.0 Å².